The van der Waals surface area contributed by atoms with Gasteiger partial charge >= 0.3 is 0 Å². The number of rotatable bonds is 0. The van der Waals surface area contributed by atoms with Crippen molar-refractivity contribution in [2.45, 2.75) is 42.8 Å². The predicted octanol–water partition coefficient (Wildman–Crippen LogP) is 4.22. The molecule has 1 atom stereocenters. The molecule has 3 heteroatoms. The molecule has 2 aliphatic carbocycles. The van der Waals surface area contributed by atoms with Crippen molar-refractivity contribution in [3.63, 3.8) is 0 Å². The molecular weight excluding hydrogens is 300 g/mol. The lowest BCUT2D eigenvalue weighted by Crippen LogP contribution is -2.54. The Morgan fingerprint density at radius 1 is 1.16 bits per heavy atom. The van der Waals surface area contributed by atoms with Crippen molar-refractivity contribution in [2.24, 2.45) is 5.41 Å². The largest absolute Gasteiger partial charge is 0.302 e. The lowest BCUT2D eigenvalue weighted by Gasteiger charge is -2.49. The highest BCUT2D eigenvalue weighted by atomic mass is 79.9. The number of hydrogen-bond acceptors (Lipinski definition) is 2. The third-order valence-electron chi connectivity index (χ3n) is 4.86. The normalized spacial score (nSPS) is 28.7. The van der Waals surface area contributed by atoms with Crippen LogP contribution in [0.5, 0.6) is 0 Å². The zero-order chi connectivity index (χ0) is 13.5. The topological polar surface area (TPSA) is 47.6 Å². The highest BCUT2D eigenvalue weighted by Crippen LogP contribution is 2.55. The third kappa shape index (κ3) is 1.70. The Morgan fingerprint density at radius 2 is 1.84 bits per heavy atom. The minimum absolute atomic E-state index is 0.0918. The molecule has 2 aliphatic rings. The number of fused-ring (bicyclic) bond motifs is 1. The maximum Gasteiger partial charge on any atom is 0.159 e. The molecule has 1 unspecified atom stereocenters. The summed E-state index contributed by atoms with van der Waals surface area (Å²) in [7, 11) is 0. The van der Waals surface area contributed by atoms with E-state index in [-0.39, 0.29) is 5.41 Å². The smallest absolute Gasteiger partial charge is 0.159 e. The summed E-state index contributed by atoms with van der Waals surface area (Å²) in [6.45, 7) is 0. The summed E-state index contributed by atoms with van der Waals surface area (Å²) in [6.07, 6.45) is 6.61. The summed E-state index contributed by atoms with van der Waals surface area (Å²) < 4.78 is -0.811. The van der Waals surface area contributed by atoms with Gasteiger partial charge in [0.15, 0.2) is 4.32 Å². The van der Waals surface area contributed by atoms with Crippen molar-refractivity contribution >= 4 is 21.6 Å². The molecular formula is C16H17BrN2. The van der Waals surface area contributed by atoms with Crippen LogP contribution in [-0.2, 0) is 6.42 Å². The van der Waals surface area contributed by atoms with E-state index in [1.807, 2.05) is 18.2 Å². The first-order chi connectivity index (χ1) is 9.13. The van der Waals surface area contributed by atoms with Gasteiger partial charge in [0.25, 0.3) is 0 Å². The van der Waals surface area contributed by atoms with E-state index in [9.17, 15) is 5.26 Å². The molecule has 2 nitrogen and oxygen atoms in total. The Morgan fingerprint density at radius 3 is 2.53 bits per heavy atom. The van der Waals surface area contributed by atoms with Gasteiger partial charge in [0, 0.05) is 11.0 Å². The zero-order valence-electron chi connectivity index (χ0n) is 10.9. The average Bonchev–Trinajstić information content (AvgIpc) is 2.46. The van der Waals surface area contributed by atoms with Crippen LogP contribution < -0.4 is 0 Å². The minimum atomic E-state index is -0.811. The molecule has 0 radical (unpaired) electrons. The summed E-state index contributed by atoms with van der Waals surface area (Å²) in [6, 6.07) is 10.5. The molecule has 3 rings (SSSR count). The second-order valence-electron chi connectivity index (χ2n) is 5.82. The Bertz CT molecular complexity index is 566. The van der Waals surface area contributed by atoms with Crippen molar-refractivity contribution in [3.05, 3.63) is 35.4 Å². The lowest BCUT2D eigenvalue weighted by atomic mass is 9.58. The first kappa shape index (κ1) is 12.9. The van der Waals surface area contributed by atoms with Crippen molar-refractivity contribution < 1.29 is 0 Å². The maximum atomic E-state index is 9.73. The summed E-state index contributed by atoms with van der Waals surface area (Å²) >= 11 is 3.66. The van der Waals surface area contributed by atoms with E-state index in [0.717, 1.165) is 24.8 Å². The van der Waals surface area contributed by atoms with E-state index >= 15 is 0 Å². The molecule has 0 saturated heterocycles. The molecule has 1 saturated carbocycles. The Labute approximate surface area is 122 Å². The first-order valence-corrected chi connectivity index (χ1v) is 7.70. The molecule has 19 heavy (non-hydrogen) atoms. The number of nitrogens with one attached hydrogen (secondary N) is 1. The van der Waals surface area contributed by atoms with Gasteiger partial charge in [-0.1, -0.05) is 59.5 Å². The molecule has 1 aromatic carbocycles. The number of hydrogen-bond donors (Lipinski definition) is 1. The van der Waals surface area contributed by atoms with E-state index in [2.05, 4.69) is 28.1 Å². The highest BCUT2D eigenvalue weighted by molar-refractivity contribution is 9.10. The molecule has 98 valence electrons. The van der Waals surface area contributed by atoms with Crippen LogP contribution in [-0.4, -0.2) is 10.0 Å². The molecule has 1 spiro atoms. The van der Waals surface area contributed by atoms with Crippen molar-refractivity contribution in [2.75, 3.05) is 0 Å². The summed E-state index contributed by atoms with van der Waals surface area (Å²) in [5.74, 6) is 0. The predicted molar refractivity (Wildman–Crippen MR) is 79.8 cm³/mol. The van der Waals surface area contributed by atoms with Crippen molar-refractivity contribution in [1.29, 1.82) is 10.7 Å². The van der Waals surface area contributed by atoms with Gasteiger partial charge in [-0.25, -0.2) is 0 Å². The van der Waals surface area contributed by atoms with Crippen LogP contribution in [0.4, 0.5) is 0 Å². The number of halogens is 1. The molecule has 1 fully saturated rings. The fourth-order valence-electron chi connectivity index (χ4n) is 3.78. The Kier molecular flexibility index (Phi) is 3.02. The van der Waals surface area contributed by atoms with Gasteiger partial charge in [0.05, 0.1) is 11.8 Å². The van der Waals surface area contributed by atoms with Crippen LogP contribution in [0.15, 0.2) is 24.3 Å². The van der Waals surface area contributed by atoms with E-state index in [1.165, 1.54) is 24.8 Å². The molecule has 0 aliphatic heterocycles. The van der Waals surface area contributed by atoms with Gasteiger partial charge < -0.3 is 5.41 Å². The fourth-order valence-corrected chi connectivity index (χ4v) is 4.53. The van der Waals surface area contributed by atoms with E-state index in [4.69, 9.17) is 5.41 Å². The fraction of sp³-hybridized carbons (Fsp3) is 0.500. The second kappa shape index (κ2) is 4.45. The summed E-state index contributed by atoms with van der Waals surface area (Å²) in [5.41, 5.74) is 2.54. The van der Waals surface area contributed by atoms with Crippen molar-refractivity contribution in [3.8, 4) is 6.07 Å². The molecule has 0 bridgehead atoms. The number of nitrogens with zero attached hydrogens (tertiary/aromatic N) is 1. The molecule has 1 N–H and O–H groups in total. The number of alkyl halides is 1. The van der Waals surface area contributed by atoms with Crippen LogP contribution in [0.3, 0.4) is 0 Å². The number of nitriles is 1. The van der Waals surface area contributed by atoms with Gasteiger partial charge in [-0.05, 0) is 24.8 Å². The summed E-state index contributed by atoms with van der Waals surface area (Å²) in [5, 5.41) is 18.2. The number of benzene rings is 1. The quantitative estimate of drug-likeness (QED) is 0.716. The Balaban J connectivity index is 2.17. The van der Waals surface area contributed by atoms with Crippen LogP contribution in [0.25, 0.3) is 0 Å². The van der Waals surface area contributed by atoms with Gasteiger partial charge in [0.2, 0.25) is 0 Å². The van der Waals surface area contributed by atoms with Crippen molar-refractivity contribution in [1.82, 2.24) is 0 Å². The van der Waals surface area contributed by atoms with E-state index in [1.54, 1.807) is 0 Å². The van der Waals surface area contributed by atoms with Gasteiger partial charge in [-0.3, -0.25) is 0 Å². The standard InChI is InChI=1S/C16H17BrN2/c17-16(11-18)14(19)13-7-3-2-6-12(13)10-15(16)8-4-1-5-9-15/h2-3,6-7,19H,1,4-5,8-10H2. The molecule has 0 heterocycles. The monoisotopic (exact) mass is 316 g/mol. The lowest BCUT2D eigenvalue weighted by molar-refractivity contribution is 0.177. The SMILES string of the molecule is N#CC1(Br)C(=N)c2ccccc2CC12CCCCC2. The van der Waals surface area contributed by atoms with Crippen LogP contribution in [0.2, 0.25) is 0 Å². The maximum absolute atomic E-state index is 9.73. The molecule has 1 aromatic rings. The molecule has 0 amide bonds. The van der Waals surface area contributed by atoms with Gasteiger partial charge in [0.1, 0.15) is 0 Å². The van der Waals surface area contributed by atoms with Crippen LogP contribution >= 0.6 is 15.9 Å². The zero-order valence-corrected chi connectivity index (χ0v) is 12.5. The van der Waals surface area contributed by atoms with E-state index in [0.29, 0.717) is 5.71 Å². The Hall–Kier alpha value is -1.14. The van der Waals surface area contributed by atoms with Crippen LogP contribution in [0, 0.1) is 22.2 Å². The second-order valence-corrected chi connectivity index (χ2v) is 7.01. The van der Waals surface area contributed by atoms with Gasteiger partial charge in [-0.15, -0.1) is 0 Å². The first-order valence-electron chi connectivity index (χ1n) is 6.90. The molecule has 0 aromatic heterocycles. The highest BCUT2D eigenvalue weighted by Gasteiger charge is 2.56. The third-order valence-corrected chi connectivity index (χ3v) is 6.27. The van der Waals surface area contributed by atoms with Crippen LogP contribution in [0.1, 0.15) is 43.2 Å². The summed E-state index contributed by atoms with van der Waals surface area (Å²) in [4.78, 5) is 0. The van der Waals surface area contributed by atoms with Gasteiger partial charge in [-0.2, -0.15) is 5.26 Å². The average molecular weight is 317 g/mol. The minimum Gasteiger partial charge on any atom is -0.302 e. The van der Waals surface area contributed by atoms with E-state index < -0.39 is 4.32 Å².